The van der Waals surface area contributed by atoms with Gasteiger partial charge in [-0.3, -0.25) is 4.79 Å². The quantitative estimate of drug-likeness (QED) is 0.483. The molecule has 3 aromatic rings. The molecule has 2 N–H and O–H groups in total. The van der Waals surface area contributed by atoms with Crippen molar-refractivity contribution in [1.29, 1.82) is 0 Å². The SMILES string of the molecule is CC1=CN[C@@H](c2ccnc(C(C)(C)O)n2)C[C@H]1n1c(C)cc(OCc2ncncc2F)c(Br)c1=O. The molecule has 0 amide bonds. The monoisotopic (exact) mass is 544 g/mol. The molecule has 11 heteroatoms. The highest BCUT2D eigenvalue weighted by molar-refractivity contribution is 9.10. The minimum Gasteiger partial charge on any atom is -0.486 e. The summed E-state index contributed by atoms with van der Waals surface area (Å²) in [4.78, 5) is 29.6. The van der Waals surface area contributed by atoms with Gasteiger partial charge in [0.1, 0.15) is 34.5 Å². The van der Waals surface area contributed by atoms with Crippen LogP contribution in [0.3, 0.4) is 0 Å². The maximum Gasteiger partial charge on any atom is 0.269 e. The number of allylic oxidation sites excluding steroid dienone is 1. The molecular formula is C24H26BrFN6O3. The molecule has 0 aromatic carbocycles. The minimum atomic E-state index is -1.17. The number of hydrogen-bond acceptors (Lipinski definition) is 8. The lowest BCUT2D eigenvalue weighted by Gasteiger charge is -2.32. The van der Waals surface area contributed by atoms with E-state index in [1.165, 1.54) is 6.33 Å². The van der Waals surface area contributed by atoms with Crippen LogP contribution in [0.2, 0.25) is 0 Å². The number of hydrogen-bond donors (Lipinski definition) is 2. The summed E-state index contributed by atoms with van der Waals surface area (Å²) in [7, 11) is 0. The number of rotatable bonds is 6. The standard InChI is InChI=1S/C24H26BrFN6O3/c1-13-9-29-17(16-5-6-28-23(31-16)24(3,4)34)8-19(13)32-14(2)7-20(21(25)22(32)33)35-11-18-15(26)10-27-12-30-18/h5-7,9-10,12,17,19,29,34H,8,11H2,1-4H3/t17-,19-/m1/s1. The van der Waals surface area contributed by atoms with E-state index in [-0.39, 0.29) is 34.4 Å². The van der Waals surface area contributed by atoms with Crippen molar-refractivity contribution in [3.63, 3.8) is 0 Å². The van der Waals surface area contributed by atoms with E-state index >= 15 is 0 Å². The average Bonchev–Trinajstić information content (AvgIpc) is 2.82. The third-order valence-electron chi connectivity index (χ3n) is 5.84. The Bertz CT molecular complexity index is 1340. The number of aryl methyl sites for hydroxylation is 1. The molecule has 0 bridgehead atoms. The third-order valence-corrected chi connectivity index (χ3v) is 6.57. The molecule has 0 spiro atoms. The number of halogens is 2. The van der Waals surface area contributed by atoms with Gasteiger partial charge in [0.25, 0.3) is 5.56 Å². The van der Waals surface area contributed by atoms with Crippen LogP contribution in [0.15, 0.2) is 51.9 Å². The highest BCUT2D eigenvalue weighted by atomic mass is 79.9. The molecule has 0 saturated heterocycles. The zero-order valence-electron chi connectivity index (χ0n) is 19.8. The van der Waals surface area contributed by atoms with E-state index in [9.17, 15) is 14.3 Å². The highest BCUT2D eigenvalue weighted by Gasteiger charge is 2.29. The summed E-state index contributed by atoms with van der Waals surface area (Å²) in [6, 6.07) is 3.12. The Kier molecular flexibility index (Phi) is 7.00. The van der Waals surface area contributed by atoms with Crippen molar-refractivity contribution in [2.75, 3.05) is 0 Å². The summed E-state index contributed by atoms with van der Waals surface area (Å²) < 4.78 is 21.5. The lowest BCUT2D eigenvalue weighted by molar-refractivity contribution is 0.0682. The van der Waals surface area contributed by atoms with E-state index in [1.807, 2.05) is 20.0 Å². The van der Waals surface area contributed by atoms with Crippen LogP contribution in [-0.2, 0) is 12.2 Å². The first-order valence-corrected chi connectivity index (χ1v) is 11.8. The maximum absolute atomic E-state index is 13.9. The molecule has 35 heavy (non-hydrogen) atoms. The molecule has 0 aliphatic carbocycles. The third kappa shape index (κ3) is 5.25. The second-order valence-corrected chi connectivity index (χ2v) is 9.76. The van der Waals surface area contributed by atoms with Crippen LogP contribution >= 0.6 is 15.9 Å². The van der Waals surface area contributed by atoms with Crippen molar-refractivity contribution in [2.24, 2.45) is 0 Å². The molecule has 0 saturated carbocycles. The second kappa shape index (κ2) is 9.82. The van der Waals surface area contributed by atoms with Gasteiger partial charge in [-0.1, -0.05) is 0 Å². The fraction of sp³-hybridized carbons (Fsp3) is 0.375. The first-order valence-electron chi connectivity index (χ1n) is 11.0. The number of nitrogens with one attached hydrogen (secondary N) is 1. The van der Waals surface area contributed by atoms with Crippen LogP contribution < -0.4 is 15.6 Å². The van der Waals surface area contributed by atoms with E-state index in [4.69, 9.17) is 4.74 Å². The van der Waals surface area contributed by atoms with Gasteiger partial charge in [-0.2, -0.15) is 0 Å². The van der Waals surface area contributed by atoms with Crippen LogP contribution in [0.25, 0.3) is 0 Å². The van der Waals surface area contributed by atoms with E-state index in [2.05, 4.69) is 41.2 Å². The molecule has 4 rings (SSSR count). The Morgan fingerprint density at radius 2 is 2.11 bits per heavy atom. The fourth-order valence-corrected chi connectivity index (χ4v) is 4.38. The lowest BCUT2D eigenvalue weighted by Crippen LogP contribution is -2.35. The summed E-state index contributed by atoms with van der Waals surface area (Å²) in [5, 5.41) is 13.6. The van der Waals surface area contributed by atoms with Crippen molar-refractivity contribution >= 4 is 15.9 Å². The smallest absolute Gasteiger partial charge is 0.269 e. The first-order chi connectivity index (χ1) is 16.6. The molecule has 0 radical (unpaired) electrons. The van der Waals surface area contributed by atoms with Crippen molar-refractivity contribution < 1.29 is 14.2 Å². The summed E-state index contributed by atoms with van der Waals surface area (Å²) >= 11 is 3.37. The molecule has 1 aliphatic rings. The summed E-state index contributed by atoms with van der Waals surface area (Å²) in [5.41, 5.74) is 1.06. The minimum absolute atomic E-state index is 0.101. The molecular weight excluding hydrogens is 519 g/mol. The Labute approximate surface area is 210 Å². The lowest BCUT2D eigenvalue weighted by atomic mass is 9.94. The summed E-state index contributed by atoms with van der Waals surface area (Å²) in [6.45, 7) is 6.92. The van der Waals surface area contributed by atoms with Crippen molar-refractivity contribution in [2.45, 2.75) is 58.4 Å². The molecule has 4 heterocycles. The van der Waals surface area contributed by atoms with Gasteiger partial charge in [0.2, 0.25) is 0 Å². The van der Waals surface area contributed by atoms with Crippen LogP contribution in [0, 0.1) is 12.7 Å². The second-order valence-electron chi connectivity index (χ2n) is 8.97. The Morgan fingerprint density at radius 3 is 2.83 bits per heavy atom. The number of pyridine rings is 1. The van der Waals surface area contributed by atoms with E-state index < -0.39 is 11.4 Å². The topological polar surface area (TPSA) is 115 Å². The number of nitrogens with zero attached hydrogens (tertiary/aromatic N) is 5. The normalized spacial score (nSPS) is 18.1. The maximum atomic E-state index is 13.9. The van der Waals surface area contributed by atoms with Gasteiger partial charge in [0.15, 0.2) is 11.6 Å². The Balaban J connectivity index is 1.62. The van der Waals surface area contributed by atoms with E-state index in [1.54, 1.807) is 36.7 Å². The number of ether oxygens (including phenoxy) is 1. The highest BCUT2D eigenvalue weighted by Crippen LogP contribution is 2.34. The van der Waals surface area contributed by atoms with Gasteiger partial charge in [0.05, 0.1) is 24.0 Å². The van der Waals surface area contributed by atoms with Gasteiger partial charge in [-0.25, -0.2) is 24.3 Å². The average molecular weight is 545 g/mol. The van der Waals surface area contributed by atoms with Crippen molar-refractivity contribution in [1.82, 2.24) is 29.8 Å². The predicted molar refractivity (Wildman–Crippen MR) is 130 cm³/mol. The zero-order valence-corrected chi connectivity index (χ0v) is 21.4. The molecule has 0 unspecified atom stereocenters. The summed E-state index contributed by atoms with van der Waals surface area (Å²) in [6.07, 6.45) is 6.37. The van der Waals surface area contributed by atoms with Gasteiger partial charge >= 0.3 is 0 Å². The molecule has 184 valence electrons. The van der Waals surface area contributed by atoms with Crippen LogP contribution in [-0.4, -0.2) is 29.6 Å². The van der Waals surface area contributed by atoms with Crippen LogP contribution in [0.4, 0.5) is 4.39 Å². The molecule has 2 atom stereocenters. The summed E-state index contributed by atoms with van der Waals surface area (Å²) in [5.74, 6) is 0.0597. The zero-order chi connectivity index (χ0) is 25.3. The molecule has 0 fully saturated rings. The van der Waals surface area contributed by atoms with Gasteiger partial charge in [-0.05, 0) is 67.9 Å². The predicted octanol–water partition coefficient (Wildman–Crippen LogP) is 3.62. The molecule has 1 aliphatic heterocycles. The Morgan fingerprint density at radius 1 is 1.34 bits per heavy atom. The molecule has 9 nitrogen and oxygen atoms in total. The van der Waals surface area contributed by atoms with Crippen LogP contribution in [0.1, 0.15) is 62.2 Å². The van der Waals surface area contributed by atoms with E-state index in [0.717, 1.165) is 17.5 Å². The Hall–Kier alpha value is -3.18. The molecule has 3 aromatic heterocycles. The fourth-order valence-electron chi connectivity index (χ4n) is 3.96. The van der Waals surface area contributed by atoms with Crippen molar-refractivity contribution in [3.05, 3.63) is 86.2 Å². The van der Waals surface area contributed by atoms with Gasteiger partial charge in [-0.15, -0.1) is 0 Å². The van der Waals surface area contributed by atoms with Crippen molar-refractivity contribution in [3.8, 4) is 5.75 Å². The van der Waals surface area contributed by atoms with E-state index in [0.29, 0.717) is 23.7 Å². The van der Waals surface area contributed by atoms with Gasteiger partial charge < -0.3 is 19.7 Å². The van der Waals surface area contributed by atoms with Crippen LogP contribution in [0.5, 0.6) is 5.75 Å². The number of aromatic nitrogens is 5. The van der Waals surface area contributed by atoms with Gasteiger partial charge in [0, 0.05) is 18.0 Å². The number of aliphatic hydroxyl groups is 1. The largest absolute Gasteiger partial charge is 0.486 e. The first kappa shape index (κ1) is 24.9.